The average Bonchev–Trinajstić information content (AvgIpc) is 2.41. The fourth-order valence-electron chi connectivity index (χ4n) is 2.16. The van der Waals surface area contributed by atoms with Crippen LogP contribution in [0.25, 0.3) is 12.2 Å². The molecule has 0 atom stereocenters. The Hall–Kier alpha value is -2.43. The van der Waals surface area contributed by atoms with Gasteiger partial charge in [0.25, 0.3) is 0 Å². The quantitative estimate of drug-likeness (QED) is 0.808. The molecule has 0 radical (unpaired) electrons. The van der Waals surface area contributed by atoms with Gasteiger partial charge in [0.2, 0.25) is 0 Å². The molecule has 0 bridgehead atoms. The molecule has 0 aliphatic carbocycles. The second-order valence-corrected chi connectivity index (χ2v) is 4.90. The lowest BCUT2D eigenvalue weighted by Gasteiger charge is -2.07. The van der Waals surface area contributed by atoms with Crippen molar-refractivity contribution >= 4 is 12.2 Å². The highest BCUT2D eigenvalue weighted by molar-refractivity contribution is 5.72. The molecule has 2 nitrogen and oxygen atoms in total. The predicted octanol–water partition coefficient (Wildman–Crippen LogP) is 4.64. The van der Waals surface area contributed by atoms with Gasteiger partial charge in [-0.05, 0) is 30.2 Å². The molecule has 2 aromatic carbocycles. The Morgan fingerprint density at radius 2 is 1.45 bits per heavy atom. The van der Waals surface area contributed by atoms with Gasteiger partial charge in [0, 0.05) is 23.3 Å². The van der Waals surface area contributed by atoms with Gasteiger partial charge in [0.15, 0.2) is 0 Å². The van der Waals surface area contributed by atoms with Gasteiger partial charge in [-0.15, -0.1) is 0 Å². The molecule has 0 amide bonds. The lowest BCUT2D eigenvalue weighted by Crippen LogP contribution is -1.91. The summed E-state index contributed by atoms with van der Waals surface area (Å²) in [4.78, 5) is 0. The molecule has 2 N–H and O–H groups in total. The molecular formula is C17H15F3O2. The third kappa shape index (κ3) is 3.42. The summed E-state index contributed by atoms with van der Waals surface area (Å²) in [6, 6.07) is 3.95. The normalized spacial score (nSPS) is 11.3. The zero-order chi connectivity index (χ0) is 16.3. The van der Waals surface area contributed by atoms with Crippen LogP contribution in [0, 0.1) is 17.5 Å². The van der Waals surface area contributed by atoms with Gasteiger partial charge < -0.3 is 10.2 Å². The van der Waals surface area contributed by atoms with Gasteiger partial charge in [0.05, 0.1) is 0 Å². The van der Waals surface area contributed by atoms with E-state index in [0.29, 0.717) is 29.7 Å². The molecule has 0 saturated carbocycles. The number of halogens is 3. The predicted molar refractivity (Wildman–Crippen MR) is 79.0 cm³/mol. The minimum atomic E-state index is -1.02. The molecule has 0 aliphatic heterocycles. The van der Waals surface area contributed by atoms with Gasteiger partial charge in [0.1, 0.15) is 29.0 Å². The third-order valence-corrected chi connectivity index (χ3v) is 3.21. The van der Waals surface area contributed by atoms with Crippen molar-refractivity contribution in [2.75, 3.05) is 0 Å². The number of hydrogen-bond donors (Lipinski definition) is 2. The smallest absolute Gasteiger partial charge is 0.136 e. The first-order valence-electron chi connectivity index (χ1n) is 6.79. The standard InChI is InChI=1S/C17H15F3O2/c1-2-3-13-16(21)6-10(7-17(13)22)4-5-12-14(19)8-11(18)9-15(12)20/h4-9,21-22H,2-3H2,1H3/b5-4-. The molecule has 0 saturated heterocycles. The number of phenols is 2. The topological polar surface area (TPSA) is 40.5 Å². The van der Waals surface area contributed by atoms with Gasteiger partial charge in [-0.25, -0.2) is 13.2 Å². The maximum absolute atomic E-state index is 13.5. The van der Waals surface area contributed by atoms with E-state index >= 15 is 0 Å². The van der Waals surface area contributed by atoms with E-state index in [1.807, 2.05) is 6.92 Å². The first-order chi connectivity index (χ1) is 10.4. The van der Waals surface area contributed by atoms with Crippen LogP contribution in [0.4, 0.5) is 13.2 Å². The van der Waals surface area contributed by atoms with Crippen LogP contribution in [0.5, 0.6) is 11.5 Å². The van der Waals surface area contributed by atoms with E-state index in [1.165, 1.54) is 18.2 Å². The highest BCUT2D eigenvalue weighted by atomic mass is 19.1. The number of phenolic OH excluding ortho intramolecular Hbond substituents is 2. The fourth-order valence-corrected chi connectivity index (χ4v) is 2.16. The number of aromatic hydroxyl groups is 2. The molecule has 0 aromatic heterocycles. The van der Waals surface area contributed by atoms with Gasteiger partial charge in [-0.1, -0.05) is 19.4 Å². The first kappa shape index (κ1) is 15.9. The summed E-state index contributed by atoms with van der Waals surface area (Å²) in [5, 5.41) is 19.7. The van der Waals surface area contributed by atoms with E-state index in [2.05, 4.69) is 0 Å². The minimum Gasteiger partial charge on any atom is -0.508 e. The maximum atomic E-state index is 13.5. The zero-order valence-electron chi connectivity index (χ0n) is 11.9. The molecule has 0 unspecified atom stereocenters. The summed E-state index contributed by atoms with van der Waals surface area (Å²) in [6.45, 7) is 1.91. The summed E-state index contributed by atoms with van der Waals surface area (Å²) in [6.07, 6.45) is 3.72. The molecule has 0 fully saturated rings. The van der Waals surface area contributed by atoms with Crippen molar-refractivity contribution in [3.63, 3.8) is 0 Å². The molecular weight excluding hydrogens is 293 g/mol. The number of rotatable bonds is 4. The van der Waals surface area contributed by atoms with E-state index in [1.54, 1.807) is 0 Å². The summed E-state index contributed by atoms with van der Waals surface area (Å²) in [7, 11) is 0. The molecule has 0 aliphatic rings. The Morgan fingerprint density at radius 3 is 1.95 bits per heavy atom. The Morgan fingerprint density at radius 1 is 0.909 bits per heavy atom. The van der Waals surface area contributed by atoms with Crippen molar-refractivity contribution in [1.29, 1.82) is 0 Å². The molecule has 2 rings (SSSR count). The van der Waals surface area contributed by atoms with Gasteiger partial charge >= 0.3 is 0 Å². The summed E-state index contributed by atoms with van der Waals surface area (Å²) in [5.74, 6) is -3.20. The van der Waals surface area contributed by atoms with Crippen molar-refractivity contribution in [2.45, 2.75) is 19.8 Å². The molecule has 0 heterocycles. The van der Waals surface area contributed by atoms with E-state index in [9.17, 15) is 23.4 Å². The van der Waals surface area contributed by atoms with E-state index in [-0.39, 0.29) is 11.5 Å². The SMILES string of the molecule is CCCc1c(O)cc(/C=C\c2c(F)cc(F)cc2F)cc1O. The highest BCUT2D eigenvalue weighted by Crippen LogP contribution is 2.31. The lowest BCUT2D eigenvalue weighted by atomic mass is 10.0. The number of benzene rings is 2. The molecule has 0 spiro atoms. The van der Waals surface area contributed by atoms with Crippen LogP contribution in [0.2, 0.25) is 0 Å². The molecule has 5 heteroatoms. The molecule has 116 valence electrons. The van der Waals surface area contributed by atoms with E-state index in [4.69, 9.17) is 0 Å². The van der Waals surface area contributed by atoms with Crippen molar-refractivity contribution < 1.29 is 23.4 Å². The molecule has 22 heavy (non-hydrogen) atoms. The zero-order valence-corrected chi connectivity index (χ0v) is 11.9. The monoisotopic (exact) mass is 308 g/mol. The van der Waals surface area contributed by atoms with Crippen LogP contribution in [0.3, 0.4) is 0 Å². The fraction of sp³-hybridized carbons (Fsp3) is 0.176. The van der Waals surface area contributed by atoms with Gasteiger partial charge in [-0.2, -0.15) is 0 Å². The third-order valence-electron chi connectivity index (χ3n) is 3.21. The van der Waals surface area contributed by atoms with E-state index < -0.39 is 23.0 Å². The largest absolute Gasteiger partial charge is 0.508 e. The van der Waals surface area contributed by atoms with Crippen LogP contribution in [0.1, 0.15) is 30.0 Å². The van der Waals surface area contributed by atoms with Gasteiger partial charge in [-0.3, -0.25) is 0 Å². The van der Waals surface area contributed by atoms with Crippen LogP contribution in [0.15, 0.2) is 24.3 Å². The van der Waals surface area contributed by atoms with Crippen LogP contribution in [-0.2, 0) is 6.42 Å². The van der Waals surface area contributed by atoms with Crippen LogP contribution in [-0.4, -0.2) is 10.2 Å². The molecule has 2 aromatic rings. The van der Waals surface area contributed by atoms with Crippen molar-refractivity contribution in [3.8, 4) is 11.5 Å². The first-order valence-corrected chi connectivity index (χ1v) is 6.79. The minimum absolute atomic E-state index is 0.0819. The Labute approximate surface area is 126 Å². The highest BCUT2D eigenvalue weighted by Gasteiger charge is 2.10. The average molecular weight is 308 g/mol. The van der Waals surface area contributed by atoms with Crippen molar-refractivity contribution in [2.24, 2.45) is 0 Å². The van der Waals surface area contributed by atoms with Crippen molar-refractivity contribution in [3.05, 3.63) is 58.4 Å². The second kappa shape index (κ2) is 6.56. The summed E-state index contributed by atoms with van der Waals surface area (Å²) >= 11 is 0. The summed E-state index contributed by atoms with van der Waals surface area (Å²) < 4.78 is 39.8. The maximum Gasteiger partial charge on any atom is 0.136 e. The second-order valence-electron chi connectivity index (χ2n) is 4.90. The Balaban J connectivity index is 2.35. The lowest BCUT2D eigenvalue weighted by molar-refractivity contribution is 0.437. The van der Waals surface area contributed by atoms with Crippen molar-refractivity contribution in [1.82, 2.24) is 0 Å². The Kier molecular flexibility index (Phi) is 4.75. The van der Waals surface area contributed by atoms with Crippen LogP contribution < -0.4 is 0 Å². The summed E-state index contributed by atoms with van der Waals surface area (Å²) in [5.41, 5.74) is 0.412. The number of hydrogen-bond acceptors (Lipinski definition) is 2. The van der Waals surface area contributed by atoms with E-state index in [0.717, 1.165) is 12.5 Å². The van der Waals surface area contributed by atoms with Crippen LogP contribution >= 0.6 is 0 Å². The Bertz CT molecular complexity index is 678.